The van der Waals surface area contributed by atoms with Gasteiger partial charge in [-0.2, -0.15) is 22.0 Å². The van der Waals surface area contributed by atoms with Gasteiger partial charge in [-0.25, -0.2) is 0 Å². The molecule has 0 heterocycles. The first-order valence-electron chi connectivity index (χ1n) is 2.71. The highest BCUT2D eigenvalue weighted by Crippen LogP contribution is 2.36. The van der Waals surface area contributed by atoms with Crippen LogP contribution in [0.2, 0.25) is 0 Å². The van der Waals surface area contributed by atoms with Crippen LogP contribution in [0.4, 0.5) is 22.0 Å². The van der Waals surface area contributed by atoms with E-state index in [9.17, 15) is 26.7 Å². The molecule has 66 valence electrons. The Hall–Kier alpha value is -0.680. The molecule has 0 spiro atoms. The third kappa shape index (κ3) is 1.87. The molecule has 0 aromatic rings. The van der Waals surface area contributed by atoms with Gasteiger partial charge in [0, 0.05) is 6.42 Å². The quantitative estimate of drug-likeness (QED) is 0.589. The molecule has 11 heavy (non-hydrogen) atoms. The molecule has 0 N–H and O–H groups in total. The molecule has 0 amide bonds. The Morgan fingerprint density at radius 2 is 1.55 bits per heavy atom. The number of hydrogen-bond donors (Lipinski definition) is 0. The number of ketones is 1. The van der Waals surface area contributed by atoms with E-state index in [1.807, 2.05) is 0 Å². The molecule has 6 heteroatoms. The molecular weight excluding hydrogens is 171 g/mol. The lowest BCUT2D eigenvalue weighted by atomic mass is 10.2. The van der Waals surface area contributed by atoms with Crippen LogP contribution in [0, 0.1) is 0 Å². The molecule has 0 atom stereocenters. The van der Waals surface area contributed by atoms with Crippen LogP contribution in [0.1, 0.15) is 13.3 Å². The van der Waals surface area contributed by atoms with Crippen LogP contribution in [-0.2, 0) is 4.79 Å². The van der Waals surface area contributed by atoms with E-state index >= 15 is 0 Å². The van der Waals surface area contributed by atoms with Gasteiger partial charge in [-0.05, 0) is 0 Å². The van der Waals surface area contributed by atoms with Crippen LogP contribution in [0.3, 0.4) is 0 Å². The van der Waals surface area contributed by atoms with Gasteiger partial charge in [0.1, 0.15) is 0 Å². The lowest BCUT2D eigenvalue weighted by Gasteiger charge is -2.16. The summed E-state index contributed by atoms with van der Waals surface area (Å²) in [6.07, 6.45) is -6.59. The van der Waals surface area contributed by atoms with Gasteiger partial charge in [-0.3, -0.25) is 4.79 Å². The maximum atomic E-state index is 11.8. The van der Waals surface area contributed by atoms with Gasteiger partial charge in [0.15, 0.2) is 0 Å². The van der Waals surface area contributed by atoms with E-state index in [0.717, 1.165) is 6.92 Å². The third-order valence-corrected chi connectivity index (χ3v) is 1.03. The molecule has 0 unspecified atom stereocenters. The van der Waals surface area contributed by atoms with Gasteiger partial charge < -0.3 is 0 Å². The van der Waals surface area contributed by atoms with Crippen LogP contribution in [-0.4, -0.2) is 17.9 Å². The predicted octanol–water partition coefficient (Wildman–Crippen LogP) is 2.16. The van der Waals surface area contributed by atoms with Gasteiger partial charge in [0.25, 0.3) is 0 Å². The third-order valence-electron chi connectivity index (χ3n) is 1.03. The van der Waals surface area contributed by atoms with Gasteiger partial charge in [-0.1, -0.05) is 6.92 Å². The van der Waals surface area contributed by atoms with Crippen LogP contribution in [0.15, 0.2) is 0 Å². The summed E-state index contributed by atoms with van der Waals surface area (Å²) in [6, 6.07) is 0. The van der Waals surface area contributed by atoms with Crippen molar-refractivity contribution in [2.45, 2.75) is 25.4 Å². The standard InChI is InChI=1S/C5H5F5O/c1-2-3(11)4(6,7)5(8,9)10/h2H2,1H3. The zero-order valence-electron chi connectivity index (χ0n) is 5.51. The molecular formula is C5H5F5O. The molecule has 0 radical (unpaired) electrons. The van der Waals surface area contributed by atoms with Crippen molar-refractivity contribution in [2.75, 3.05) is 0 Å². The highest BCUT2D eigenvalue weighted by Gasteiger charge is 2.61. The second-order valence-electron chi connectivity index (χ2n) is 1.85. The summed E-state index contributed by atoms with van der Waals surface area (Å²) in [5.41, 5.74) is 0. The molecule has 0 fully saturated rings. The fourth-order valence-electron chi connectivity index (χ4n) is 0.380. The lowest BCUT2D eigenvalue weighted by molar-refractivity contribution is -0.268. The first kappa shape index (κ1) is 10.3. The predicted molar refractivity (Wildman–Crippen MR) is 26.3 cm³/mol. The van der Waals surface area contributed by atoms with Gasteiger partial charge in [-0.15, -0.1) is 0 Å². The van der Waals surface area contributed by atoms with Crippen molar-refractivity contribution in [3.63, 3.8) is 0 Å². The Balaban J connectivity index is 4.59. The van der Waals surface area contributed by atoms with Gasteiger partial charge in [0.2, 0.25) is 5.78 Å². The van der Waals surface area contributed by atoms with E-state index < -0.39 is 24.3 Å². The summed E-state index contributed by atoms with van der Waals surface area (Å²) in [5.74, 6) is -7.30. The topological polar surface area (TPSA) is 17.1 Å². The summed E-state index contributed by atoms with van der Waals surface area (Å²) in [7, 11) is 0. The number of carbonyl (C=O) groups excluding carboxylic acids is 1. The molecule has 0 aromatic heterocycles. The first-order valence-corrected chi connectivity index (χ1v) is 2.71. The minimum atomic E-state index is -5.76. The Bertz CT molecular complexity index is 159. The van der Waals surface area contributed by atoms with Crippen molar-refractivity contribution >= 4 is 5.78 Å². The summed E-state index contributed by atoms with van der Waals surface area (Å²) >= 11 is 0. The summed E-state index contributed by atoms with van der Waals surface area (Å²) < 4.78 is 57.6. The van der Waals surface area contributed by atoms with Crippen molar-refractivity contribution in [1.82, 2.24) is 0 Å². The van der Waals surface area contributed by atoms with Crippen LogP contribution in [0.5, 0.6) is 0 Å². The van der Waals surface area contributed by atoms with Gasteiger partial charge in [0.05, 0.1) is 0 Å². The minimum absolute atomic E-state index is 0.827. The number of Topliss-reactive ketones (excluding diaryl/α,β-unsaturated/α-hetero) is 1. The second-order valence-corrected chi connectivity index (χ2v) is 1.85. The normalized spacial score (nSPS) is 13.3. The van der Waals surface area contributed by atoms with E-state index in [4.69, 9.17) is 0 Å². The van der Waals surface area contributed by atoms with E-state index in [1.165, 1.54) is 0 Å². The van der Waals surface area contributed by atoms with Crippen molar-refractivity contribution in [3.8, 4) is 0 Å². The molecule has 1 nitrogen and oxygen atoms in total. The highest BCUT2D eigenvalue weighted by atomic mass is 19.4. The monoisotopic (exact) mass is 176 g/mol. The minimum Gasteiger partial charge on any atom is -0.293 e. The fraction of sp³-hybridized carbons (Fsp3) is 0.800. The SMILES string of the molecule is CCC(=O)C(F)(F)C(F)(F)F. The number of halogens is 5. The maximum absolute atomic E-state index is 11.8. The second kappa shape index (κ2) is 2.75. The molecule has 0 bridgehead atoms. The van der Waals surface area contributed by atoms with Crippen molar-refractivity contribution in [1.29, 1.82) is 0 Å². The maximum Gasteiger partial charge on any atom is 0.461 e. The average molecular weight is 176 g/mol. The largest absolute Gasteiger partial charge is 0.461 e. The highest BCUT2D eigenvalue weighted by molar-refractivity contribution is 5.86. The lowest BCUT2D eigenvalue weighted by Crippen LogP contribution is -2.43. The zero-order chi connectivity index (χ0) is 9.28. The summed E-state index contributed by atoms with van der Waals surface area (Å²) in [4.78, 5) is 10.0. The van der Waals surface area contributed by atoms with Crippen LogP contribution < -0.4 is 0 Å². The fourth-order valence-corrected chi connectivity index (χ4v) is 0.380. The smallest absolute Gasteiger partial charge is 0.293 e. The number of hydrogen-bond acceptors (Lipinski definition) is 1. The molecule has 0 saturated carbocycles. The molecule has 0 aliphatic rings. The van der Waals surface area contributed by atoms with Crippen molar-refractivity contribution in [3.05, 3.63) is 0 Å². The van der Waals surface area contributed by atoms with Crippen molar-refractivity contribution in [2.24, 2.45) is 0 Å². The summed E-state index contributed by atoms with van der Waals surface area (Å²) in [5, 5.41) is 0. The Labute approximate surface area is 59.2 Å². The molecule has 0 aromatic carbocycles. The Kier molecular flexibility index (Phi) is 2.58. The average Bonchev–Trinajstić information content (AvgIpc) is 1.83. The van der Waals surface area contributed by atoms with E-state index in [1.54, 1.807) is 0 Å². The molecule has 0 aliphatic carbocycles. The number of alkyl halides is 5. The number of rotatable bonds is 2. The summed E-state index contributed by atoms with van der Waals surface area (Å²) in [6.45, 7) is 0.946. The molecule has 0 rings (SSSR count). The van der Waals surface area contributed by atoms with E-state index in [0.29, 0.717) is 0 Å². The zero-order valence-corrected chi connectivity index (χ0v) is 5.51. The van der Waals surface area contributed by atoms with Gasteiger partial charge >= 0.3 is 12.1 Å². The van der Waals surface area contributed by atoms with E-state index in [-0.39, 0.29) is 0 Å². The Morgan fingerprint density at radius 1 is 1.18 bits per heavy atom. The van der Waals surface area contributed by atoms with Crippen molar-refractivity contribution < 1.29 is 26.7 Å². The molecule has 0 saturated heterocycles. The Morgan fingerprint density at radius 3 is 1.64 bits per heavy atom. The first-order chi connectivity index (χ1) is 4.73. The number of carbonyl (C=O) groups is 1. The van der Waals surface area contributed by atoms with Crippen LogP contribution >= 0.6 is 0 Å². The van der Waals surface area contributed by atoms with E-state index in [2.05, 4.69) is 0 Å². The molecule has 0 aliphatic heterocycles. The van der Waals surface area contributed by atoms with Crippen LogP contribution in [0.25, 0.3) is 0 Å².